The molecule has 0 amide bonds. The molecule has 0 aromatic rings. The number of carbonyl (C=O) groups is 1. The second-order valence-corrected chi connectivity index (χ2v) is 4.29. The van der Waals surface area contributed by atoms with Crippen LogP contribution in [0.5, 0.6) is 0 Å². The van der Waals surface area contributed by atoms with Crippen LogP contribution in [0.15, 0.2) is 0 Å². The van der Waals surface area contributed by atoms with Crippen molar-refractivity contribution in [2.45, 2.75) is 64.4 Å². The average molecular weight is 198 g/mol. The van der Waals surface area contributed by atoms with Crippen molar-refractivity contribution in [2.75, 3.05) is 6.61 Å². The summed E-state index contributed by atoms with van der Waals surface area (Å²) >= 11 is 0. The van der Waals surface area contributed by atoms with Crippen molar-refractivity contribution in [3.05, 3.63) is 0 Å². The highest BCUT2D eigenvalue weighted by molar-refractivity contribution is 5.75. The molecule has 2 nitrogen and oxygen atoms in total. The number of hydrogen-bond donors (Lipinski definition) is 0. The molecule has 0 unspecified atom stereocenters. The third-order valence-electron chi connectivity index (χ3n) is 2.83. The molecule has 1 saturated carbocycles. The maximum atomic E-state index is 10.7. The summed E-state index contributed by atoms with van der Waals surface area (Å²) in [6.07, 6.45) is 9.78. The van der Waals surface area contributed by atoms with Gasteiger partial charge in [-0.1, -0.05) is 19.3 Å². The molecule has 1 aliphatic rings. The molecule has 1 aliphatic carbocycles. The molecule has 14 heavy (non-hydrogen) atoms. The lowest BCUT2D eigenvalue weighted by molar-refractivity contribution is -0.117. The van der Waals surface area contributed by atoms with Crippen molar-refractivity contribution < 1.29 is 9.53 Å². The summed E-state index contributed by atoms with van der Waals surface area (Å²) in [5.74, 6) is 0.294. The average Bonchev–Trinajstić information content (AvgIpc) is 2.18. The van der Waals surface area contributed by atoms with E-state index in [9.17, 15) is 4.79 Å². The number of ether oxygens (including phenoxy) is 1. The Kier molecular flexibility index (Phi) is 5.85. The standard InChI is InChI=1S/C12H22O2/c1-11(13)7-5-6-10-14-12-8-3-2-4-9-12/h12H,2-10H2,1H3. The van der Waals surface area contributed by atoms with Crippen molar-refractivity contribution in [2.24, 2.45) is 0 Å². The summed E-state index contributed by atoms with van der Waals surface area (Å²) < 4.78 is 5.75. The summed E-state index contributed by atoms with van der Waals surface area (Å²) in [4.78, 5) is 10.7. The van der Waals surface area contributed by atoms with Gasteiger partial charge < -0.3 is 9.53 Å². The van der Waals surface area contributed by atoms with Crippen LogP contribution in [0.2, 0.25) is 0 Å². The summed E-state index contributed by atoms with van der Waals surface area (Å²) in [6.45, 7) is 2.50. The van der Waals surface area contributed by atoms with Gasteiger partial charge in [0.05, 0.1) is 6.10 Å². The van der Waals surface area contributed by atoms with Gasteiger partial charge in [-0.05, 0) is 32.6 Å². The fourth-order valence-corrected chi connectivity index (χ4v) is 1.96. The molecule has 0 radical (unpaired) electrons. The van der Waals surface area contributed by atoms with Crippen LogP contribution in [-0.4, -0.2) is 18.5 Å². The molecular formula is C12H22O2. The minimum absolute atomic E-state index is 0.294. The summed E-state index contributed by atoms with van der Waals surface area (Å²) in [6, 6.07) is 0. The second kappa shape index (κ2) is 6.99. The van der Waals surface area contributed by atoms with E-state index in [1.165, 1.54) is 32.1 Å². The first-order valence-corrected chi connectivity index (χ1v) is 5.90. The molecule has 0 aromatic heterocycles. The highest BCUT2D eigenvalue weighted by Crippen LogP contribution is 2.20. The number of Topliss-reactive ketones (excluding diaryl/α,β-unsaturated/α-hetero) is 1. The molecule has 1 fully saturated rings. The van der Waals surface area contributed by atoms with Gasteiger partial charge in [0.1, 0.15) is 5.78 Å². The van der Waals surface area contributed by atoms with Gasteiger partial charge in [0.2, 0.25) is 0 Å². The van der Waals surface area contributed by atoms with Gasteiger partial charge in [0.25, 0.3) is 0 Å². The van der Waals surface area contributed by atoms with Crippen molar-refractivity contribution >= 4 is 5.78 Å². The maximum Gasteiger partial charge on any atom is 0.129 e. The first kappa shape index (κ1) is 11.7. The maximum absolute atomic E-state index is 10.7. The van der Waals surface area contributed by atoms with E-state index in [2.05, 4.69) is 0 Å². The van der Waals surface area contributed by atoms with E-state index >= 15 is 0 Å². The largest absolute Gasteiger partial charge is 0.378 e. The Morgan fingerprint density at radius 2 is 1.93 bits per heavy atom. The molecule has 0 bridgehead atoms. The smallest absolute Gasteiger partial charge is 0.129 e. The number of unbranched alkanes of at least 4 members (excludes halogenated alkanes) is 1. The lowest BCUT2D eigenvalue weighted by Gasteiger charge is -2.21. The third-order valence-corrected chi connectivity index (χ3v) is 2.83. The van der Waals surface area contributed by atoms with Crippen LogP contribution >= 0.6 is 0 Å². The van der Waals surface area contributed by atoms with E-state index in [0.717, 1.165) is 19.4 Å². The fraction of sp³-hybridized carbons (Fsp3) is 0.917. The Morgan fingerprint density at radius 3 is 2.57 bits per heavy atom. The number of ketones is 1. The fourth-order valence-electron chi connectivity index (χ4n) is 1.96. The zero-order valence-corrected chi connectivity index (χ0v) is 9.26. The van der Waals surface area contributed by atoms with Crippen LogP contribution in [-0.2, 0) is 9.53 Å². The lowest BCUT2D eigenvalue weighted by atomic mass is 9.98. The topological polar surface area (TPSA) is 26.3 Å². The van der Waals surface area contributed by atoms with E-state index in [4.69, 9.17) is 4.74 Å². The van der Waals surface area contributed by atoms with E-state index in [1.54, 1.807) is 6.92 Å². The van der Waals surface area contributed by atoms with Gasteiger partial charge >= 0.3 is 0 Å². The van der Waals surface area contributed by atoms with Gasteiger partial charge in [-0.2, -0.15) is 0 Å². The summed E-state index contributed by atoms with van der Waals surface area (Å²) in [5, 5.41) is 0. The molecular weight excluding hydrogens is 176 g/mol. The van der Waals surface area contributed by atoms with E-state index in [-0.39, 0.29) is 0 Å². The lowest BCUT2D eigenvalue weighted by Crippen LogP contribution is -2.17. The van der Waals surface area contributed by atoms with Crippen molar-refractivity contribution in [3.63, 3.8) is 0 Å². The normalized spacial score (nSPS) is 18.4. The number of rotatable bonds is 6. The van der Waals surface area contributed by atoms with Gasteiger partial charge in [-0.15, -0.1) is 0 Å². The molecule has 0 atom stereocenters. The molecule has 82 valence electrons. The van der Waals surface area contributed by atoms with E-state index in [1.807, 2.05) is 0 Å². The highest BCUT2D eigenvalue weighted by Gasteiger charge is 2.12. The van der Waals surface area contributed by atoms with Crippen LogP contribution in [0.1, 0.15) is 58.3 Å². The molecule has 0 N–H and O–H groups in total. The summed E-state index contributed by atoms with van der Waals surface area (Å²) in [5.41, 5.74) is 0. The highest BCUT2D eigenvalue weighted by atomic mass is 16.5. The molecule has 2 heteroatoms. The van der Waals surface area contributed by atoms with Crippen LogP contribution < -0.4 is 0 Å². The summed E-state index contributed by atoms with van der Waals surface area (Å²) in [7, 11) is 0. The molecule has 0 spiro atoms. The van der Waals surface area contributed by atoms with Crippen molar-refractivity contribution in [3.8, 4) is 0 Å². The SMILES string of the molecule is CC(=O)CCCCOC1CCCCC1. The van der Waals surface area contributed by atoms with Gasteiger partial charge in [0, 0.05) is 13.0 Å². The number of carbonyl (C=O) groups excluding carboxylic acids is 1. The monoisotopic (exact) mass is 198 g/mol. The molecule has 0 aromatic carbocycles. The van der Waals surface area contributed by atoms with Gasteiger partial charge in [-0.25, -0.2) is 0 Å². The van der Waals surface area contributed by atoms with Gasteiger partial charge in [0.15, 0.2) is 0 Å². The zero-order chi connectivity index (χ0) is 10.2. The van der Waals surface area contributed by atoms with Crippen LogP contribution in [0, 0.1) is 0 Å². The predicted molar refractivity (Wildman–Crippen MR) is 57.4 cm³/mol. The van der Waals surface area contributed by atoms with Crippen molar-refractivity contribution in [1.29, 1.82) is 0 Å². The van der Waals surface area contributed by atoms with E-state index in [0.29, 0.717) is 18.3 Å². The van der Waals surface area contributed by atoms with E-state index < -0.39 is 0 Å². The van der Waals surface area contributed by atoms with Crippen molar-refractivity contribution in [1.82, 2.24) is 0 Å². The first-order chi connectivity index (χ1) is 6.79. The minimum atomic E-state index is 0.294. The molecule has 1 rings (SSSR count). The third kappa shape index (κ3) is 5.38. The van der Waals surface area contributed by atoms with Gasteiger partial charge in [-0.3, -0.25) is 0 Å². The Morgan fingerprint density at radius 1 is 1.21 bits per heavy atom. The predicted octanol–water partition coefficient (Wildman–Crippen LogP) is 3.10. The number of hydrogen-bond acceptors (Lipinski definition) is 2. The Balaban J connectivity index is 1.90. The Hall–Kier alpha value is -0.370. The Bertz CT molecular complexity index is 160. The van der Waals surface area contributed by atoms with Crippen LogP contribution in [0.25, 0.3) is 0 Å². The second-order valence-electron chi connectivity index (χ2n) is 4.29. The first-order valence-electron chi connectivity index (χ1n) is 5.90. The van der Waals surface area contributed by atoms with Crippen LogP contribution in [0.4, 0.5) is 0 Å². The Labute approximate surface area is 87.0 Å². The quantitative estimate of drug-likeness (QED) is 0.613. The molecule has 0 aliphatic heterocycles. The van der Waals surface area contributed by atoms with Crippen LogP contribution in [0.3, 0.4) is 0 Å². The molecule has 0 saturated heterocycles. The zero-order valence-electron chi connectivity index (χ0n) is 9.26. The molecule has 0 heterocycles. The minimum Gasteiger partial charge on any atom is -0.378 e.